The number of fused-ring (bicyclic) bond motifs is 1. The predicted molar refractivity (Wildman–Crippen MR) is 81.1 cm³/mol. The van der Waals surface area contributed by atoms with Crippen LogP contribution in [-0.4, -0.2) is 0 Å². The molecule has 0 spiro atoms. The molecule has 3 rings (SSSR count). The Labute approximate surface area is 124 Å². The molecule has 2 aromatic carbocycles. The van der Waals surface area contributed by atoms with Gasteiger partial charge in [0.2, 0.25) is 0 Å². The van der Waals surface area contributed by atoms with Crippen LogP contribution in [0.25, 0.3) is 11.0 Å². The van der Waals surface area contributed by atoms with Crippen molar-refractivity contribution in [1.82, 2.24) is 0 Å². The van der Waals surface area contributed by atoms with Crippen LogP contribution in [0.5, 0.6) is 0 Å². The molecule has 0 aliphatic heterocycles. The van der Waals surface area contributed by atoms with E-state index < -0.39 is 6.04 Å². The molecule has 0 saturated heterocycles. The third kappa shape index (κ3) is 2.25. The molecule has 3 aromatic rings. The average Bonchev–Trinajstić information content (AvgIpc) is 2.84. The molecule has 1 heterocycles. The van der Waals surface area contributed by atoms with E-state index in [2.05, 4.69) is 15.9 Å². The topological polar surface area (TPSA) is 39.2 Å². The van der Waals surface area contributed by atoms with Crippen LogP contribution in [0.15, 0.2) is 51.4 Å². The average molecular weight is 334 g/mol. The van der Waals surface area contributed by atoms with Crippen LogP contribution in [0, 0.1) is 12.7 Å². The summed E-state index contributed by atoms with van der Waals surface area (Å²) in [6.45, 7) is 2.01. The van der Waals surface area contributed by atoms with Gasteiger partial charge in [-0.3, -0.25) is 0 Å². The largest absolute Gasteiger partial charge is 0.459 e. The van der Waals surface area contributed by atoms with Gasteiger partial charge in [0.25, 0.3) is 0 Å². The van der Waals surface area contributed by atoms with Gasteiger partial charge in [-0.15, -0.1) is 0 Å². The van der Waals surface area contributed by atoms with Crippen LogP contribution in [0.1, 0.15) is 22.9 Å². The summed E-state index contributed by atoms with van der Waals surface area (Å²) in [5.74, 6) is 0.208. The van der Waals surface area contributed by atoms with Gasteiger partial charge in [0.1, 0.15) is 17.2 Å². The summed E-state index contributed by atoms with van der Waals surface area (Å²) in [4.78, 5) is 0. The maximum atomic E-state index is 14.1. The standard InChI is InChI=1S/C16H13BrFNO/c1-9-5-6-13-10(7-9)8-14(20-13)16(19)11-3-2-4-12(17)15(11)18/h2-8,16H,19H2,1H3. The lowest BCUT2D eigenvalue weighted by Crippen LogP contribution is -2.12. The summed E-state index contributed by atoms with van der Waals surface area (Å²) in [5.41, 5.74) is 8.45. The number of furan rings is 1. The number of halogens is 2. The molecule has 2 N–H and O–H groups in total. The molecule has 20 heavy (non-hydrogen) atoms. The maximum Gasteiger partial charge on any atom is 0.142 e. The lowest BCUT2D eigenvalue weighted by molar-refractivity contribution is 0.509. The van der Waals surface area contributed by atoms with Crippen molar-refractivity contribution < 1.29 is 8.81 Å². The fourth-order valence-corrected chi connectivity index (χ4v) is 2.63. The quantitative estimate of drug-likeness (QED) is 0.738. The van der Waals surface area contributed by atoms with Crippen molar-refractivity contribution in [2.45, 2.75) is 13.0 Å². The van der Waals surface area contributed by atoms with Crippen molar-refractivity contribution >= 4 is 26.9 Å². The molecule has 2 nitrogen and oxygen atoms in total. The highest BCUT2D eigenvalue weighted by Gasteiger charge is 2.19. The molecular formula is C16H13BrFNO. The first kappa shape index (κ1) is 13.3. The maximum absolute atomic E-state index is 14.1. The molecule has 0 bridgehead atoms. The fraction of sp³-hybridized carbons (Fsp3) is 0.125. The van der Waals surface area contributed by atoms with E-state index >= 15 is 0 Å². The second kappa shape index (κ2) is 5.04. The summed E-state index contributed by atoms with van der Waals surface area (Å²) in [7, 11) is 0. The normalized spacial score (nSPS) is 12.8. The van der Waals surface area contributed by atoms with Gasteiger partial charge >= 0.3 is 0 Å². The summed E-state index contributed by atoms with van der Waals surface area (Å²) in [6, 6.07) is 12.2. The van der Waals surface area contributed by atoms with Gasteiger partial charge in [0, 0.05) is 10.9 Å². The second-order valence-corrected chi connectivity index (χ2v) is 5.67. The Morgan fingerprint density at radius 1 is 1.20 bits per heavy atom. The molecule has 1 atom stereocenters. The number of nitrogens with two attached hydrogens (primary N) is 1. The van der Waals surface area contributed by atoms with Crippen LogP contribution >= 0.6 is 15.9 Å². The van der Waals surface area contributed by atoms with Crippen molar-refractivity contribution in [2.75, 3.05) is 0 Å². The zero-order chi connectivity index (χ0) is 14.3. The van der Waals surface area contributed by atoms with Gasteiger partial charge in [-0.1, -0.05) is 23.8 Å². The smallest absolute Gasteiger partial charge is 0.142 e. The number of rotatable bonds is 2. The van der Waals surface area contributed by atoms with E-state index in [0.717, 1.165) is 16.5 Å². The number of aryl methyl sites for hydroxylation is 1. The van der Waals surface area contributed by atoms with Crippen molar-refractivity contribution in [2.24, 2.45) is 5.73 Å². The fourth-order valence-electron chi connectivity index (χ4n) is 2.25. The third-order valence-corrected chi connectivity index (χ3v) is 3.93. The zero-order valence-corrected chi connectivity index (χ0v) is 12.4. The molecule has 1 aromatic heterocycles. The Kier molecular flexibility index (Phi) is 3.36. The van der Waals surface area contributed by atoms with Gasteiger partial charge in [-0.2, -0.15) is 0 Å². The second-order valence-electron chi connectivity index (χ2n) is 4.81. The summed E-state index contributed by atoms with van der Waals surface area (Å²) in [5, 5.41) is 0.978. The molecule has 102 valence electrons. The van der Waals surface area contributed by atoms with Gasteiger partial charge < -0.3 is 10.2 Å². The van der Waals surface area contributed by atoms with Crippen LogP contribution < -0.4 is 5.73 Å². The zero-order valence-electron chi connectivity index (χ0n) is 10.9. The van der Waals surface area contributed by atoms with Gasteiger partial charge in [0.05, 0.1) is 10.5 Å². The highest BCUT2D eigenvalue weighted by molar-refractivity contribution is 9.10. The number of hydrogen-bond donors (Lipinski definition) is 1. The van der Waals surface area contributed by atoms with Gasteiger partial charge in [-0.05, 0) is 47.1 Å². The molecule has 0 aliphatic rings. The Bertz CT molecular complexity index is 781. The third-order valence-electron chi connectivity index (χ3n) is 3.31. The van der Waals surface area contributed by atoms with E-state index in [4.69, 9.17) is 10.2 Å². The van der Waals surface area contributed by atoms with Gasteiger partial charge in [0.15, 0.2) is 0 Å². The van der Waals surface area contributed by atoms with Gasteiger partial charge in [-0.25, -0.2) is 4.39 Å². The van der Waals surface area contributed by atoms with E-state index in [0.29, 0.717) is 15.8 Å². The number of hydrogen-bond acceptors (Lipinski definition) is 2. The minimum atomic E-state index is -0.625. The van der Waals surface area contributed by atoms with Crippen molar-refractivity contribution in [3.05, 3.63) is 69.6 Å². The van der Waals surface area contributed by atoms with Crippen LogP contribution in [-0.2, 0) is 0 Å². The highest BCUT2D eigenvalue weighted by Crippen LogP contribution is 2.30. The minimum absolute atomic E-state index is 0.350. The van der Waals surface area contributed by atoms with Crippen LogP contribution in [0.4, 0.5) is 4.39 Å². The first-order valence-corrected chi connectivity index (χ1v) is 7.05. The van der Waals surface area contributed by atoms with E-state index in [1.54, 1.807) is 18.2 Å². The van der Waals surface area contributed by atoms with Crippen molar-refractivity contribution in [3.63, 3.8) is 0 Å². The molecule has 1 unspecified atom stereocenters. The lowest BCUT2D eigenvalue weighted by Gasteiger charge is -2.10. The van der Waals surface area contributed by atoms with E-state index in [-0.39, 0.29) is 5.82 Å². The Morgan fingerprint density at radius 2 is 2.00 bits per heavy atom. The minimum Gasteiger partial charge on any atom is -0.459 e. The molecule has 0 amide bonds. The summed E-state index contributed by atoms with van der Waals surface area (Å²) < 4.78 is 20.2. The first-order valence-electron chi connectivity index (χ1n) is 6.26. The van der Waals surface area contributed by atoms with E-state index in [1.165, 1.54) is 0 Å². The van der Waals surface area contributed by atoms with Crippen LogP contribution in [0.2, 0.25) is 0 Å². The SMILES string of the molecule is Cc1ccc2oc(C(N)c3cccc(Br)c3F)cc2c1. The Morgan fingerprint density at radius 3 is 2.80 bits per heavy atom. The number of benzene rings is 2. The highest BCUT2D eigenvalue weighted by atomic mass is 79.9. The van der Waals surface area contributed by atoms with Crippen molar-refractivity contribution in [1.29, 1.82) is 0 Å². The Balaban J connectivity index is 2.08. The monoisotopic (exact) mass is 333 g/mol. The molecule has 4 heteroatoms. The summed E-state index contributed by atoms with van der Waals surface area (Å²) in [6.07, 6.45) is 0. The van der Waals surface area contributed by atoms with Crippen LogP contribution in [0.3, 0.4) is 0 Å². The van der Waals surface area contributed by atoms with E-state index in [1.807, 2.05) is 31.2 Å². The molecule has 0 fully saturated rings. The van der Waals surface area contributed by atoms with Crippen molar-refractivity contribution in [3.8, 4) is 0 Å². The molecule has 0 aliphatic carbocycles. The molecular weight excluding hydrogens is 321 g/mol. The molecule has 0 saturated carbocycles. The Hall–Kier alpha value is -1.65. The molecule has 0 radical (unpaired) electrons. The lowest BCUT2D eigenvalue weighted by atomic mass is 10.0. The summed E-state index contributed by atoms with van der Waals surface area (Å²) >= 11 is 3.17. The first-order chi connectivity index (χ1) is 9.56. The van der Waals surface area contributed by atoms with E-state index in [9.17, 15) is 4.39 Å². The predicted octanol–water partition coefficient (Wildman–Crippen LogP) is 4.69.